The number of carbonyl (C=O) groups is 1. The van der Waals surface area contributed by atoms with Crippen molar-refractivity contribution in [3.05, 3.63) is 35.4 Å². The molecule has 3 nitrogen and oxygen atoms in total. The zero-order valence-corrected chi connectivity index (χ0v) is 15.8. The molecule has 1 aromatic rings. The molecule has 3 heteroatoms. The second kappa shape index (κ2) is 5.57. The lowest BCUT2D eigenvalue weighted by Gasteiger charge is -2.61. The molecule has 2 atom stereocenters. The lowest BCUT2D eigenvalue weighted by Crippen LogP contribution is -2.59. The summed E-state index contributed by atoms with van der Waals surface area (Å²) >= 11 is 0. The predicted octanol–water partition coefficient (Wildman–Crippen LogP) is 3.72. The van der Waals surface area contributed by atoms with Crippen LogP contribution in [0.25, 0.3) is 0 Å². The van der Waals surface area contributed by atoms with E-state index >= 15 is 0 Å². The average Bonchev–Trinajstić information content (AvgIpc) is 2.51. The van der Waals surface area contributed by atoms with Gasteiger partial charge in [-0.1, -0.05) is 29.8 Å². The molecular weight excluding hydrogens is 310 g/mol. The van der Waals surface area contributed by atoms with Gasteiger partial charge < -0.3 is 10.4 Å². The first-order chi connectivity index (χ1) is 11.7. The van der Waals surface area contributed by atoms with E-state index in [0.717, 1.165) is 19.3 Å². The van der Waals surface area contributed by atoms with Crippen LogP contribution in [0.2, 0.25) is 0 Å². The van der Waals surface area contributed by atoms with Gasteiger partial charge in [-0.15, -0.1) is 0 Å². The fourth-order valence-corrected chi connectivity index (χ4v) is 6.26. The number of hydrogen-bond donors (Lipinski definition) is 2. The highest BCUT2D eigenvalue weighted by molar-refractivity contribution is 5.83. The highest BCUT2D eigenvalue weighted by Crippen LogP contribution is 2.65. The number of nitrogens with one attached hydrogen (secondary N) is 1. The normalized spacial score (nSPS) is 36.5. The van der Waals surface area contributed by atoms with E-state index < -0.39 is 5.60 Å². The molecule has 2 N–H and O–H groups in total. The van der Waals surface area contributed by atoms with Crippen LogP contribution in [0.15, 0.2) is 24.3 Å². The number of benzene rings is 1. The molecule has 1 aromatic carbocycles. The third-order valence-electron chi connectivity index (χ3n) is 6.89. The van der Waals surface area contributed by atoms with Gasteiger partial charge in [-0.25, -0.2) is 0 Å². The smallest absolute Gasteiger partial charge is 0.226 e. The van der Waals surface area contributed by atoms with Crippen molar-refractivity contribution in [3.8, 4) is 0 Å². The molecule has 0 aliphatic heterocycles. The second-order valence-corrected chi connectivity index (χ2v) is 9.88. The molecule has 0 spiro atoms. The Morgan fingerprint density at radius 1 is 1.16 bits per heavy atom. The number of hydrogen-bond acceptors (Lipinski definition) is 2. The molecule has 4 bridgehead atoms. The van der Waals surface area contributed by atoms with Crippen LogP contribution >= 0.6 is 0 Å². The van der Waals surface area contributed by atoms with Crippen LogP contribution in [0.5, 0.6) is 0 Å². The summed E-state index contributed by atoms with van der Waals surface area (Å²) in [5, 5.41) is 13.1. The van der Waals surface area contributed by atoms with Crippen molar-refractivity contribution in [1.82, 2.24) is 5.32 Å². The minimum absolute atomic E-state index is 0.181. The molecule has 4 aliphatic carbocycles. The third-order valence-corrected chi connectivity index (χ3v) is 6.89. The Morgan fingerprint density at radius 3 is 2.32 bits per heavy atom. The minimum Gasteiger partial charge on any atom is -0.389 e. The molecule has 5 rings (SSSR count). The van der Waals surface area contributed by atoms with Gasteiger partial charge in [0.15, 0.2) is 0 Å². The van der Waals surface area contributed by atoms with E-state index in [1.54, 1.807) is 13.8 Å². The Labute approximate surface area is 151 Å². The SMILES string of the molecule is Cc1ccc(C23CC4CC(CC(C(=O)NCC(C)(C)O)(C4)C2)C3)cc1. The van der Waals surface area contributed by atoms with Gasteiger partial charge in [0, 0.05) is 6.54 Å². The summed E-state index contributed by atoms with van der Waals surface area (Å²) in [5.74, 6) is 1.53. The molecule has 4 aliphatic rings. The minimum atomic E-state index is -0.855. The van der Waals surface area contributed by atoms with E-state index in [1.165, 1.54) is 30.4 Å². The van der Waals surface area contributed by atoms with Crippen molar-refractivity contribution >= 4 is 5.91 Å². The first-order valence-corrected chi connectivity index (χ1v) is 9.78. The van der Waals surface area contributed by atoms with Gasteiger partial charge in [-0.3, -0.25) is 4.79 Å². The number of aliphatic hydroxyl groups is 1. The highest BCUT2D eigenvalue weighted by Gasteiger charge is 2.60. The zero-order valence-electron chi connectivity index (χ0n) is 15.8. The third kappa shape index (κ3) is 3.01. The molecular formula is C22H31NO2. The van der Waals surface area contributed by atoms with Crippen molar-refractivity contribution in [2.75, 3.05) is 6.54 Å². The molecule has 25 heavy (non-hydrogen) atoms. The van der Waals surface area contributed by atoms with E-state index in [4.69, 9.17) is 0 Å². The Kier molecular flexibility index (Phi) is 3.81. The topological polar surface area (TPSA) is 49.3 Å². The Bertz CT molecular complexity index is 656. The molecule has 136 valence electrons. The number of carbonyl (C=O) groups excluding carboxylic acids is 1. The molecule has 4 fully saturated rings. The summed E-state index contributed by atoms with van der Waals surface area (Å²) in [6, 6.07) is 9.03. The van der Waals surface area contributed by atoms with E-state index in [1.807, 2.05) is 0 Å². The molecule has 0 radical (unpaired) electrons. The van der Waals surface area contributed by atoms with Gasteiger partial charge in [0.25, 0.3) is 0 Å². The van der Waals surface area contributed by atoms with Crippen molar-refractivity contribution < 1.29 is 9.90 Å². The van der Waals surface area contributed by atoms with Crippen molar-refractivity contribution in [2.45, 2.75) is 70.3 Å². The van der Waals surface area contributed by atoms with Crippen molar-refractivity contribution in [3.63, 3.8) is 0 Å². The van der Waals surface area contributed by atoms with E-state index in [-0.39, 0.29) is 16.7 Å². The van der Waals surface area contributed by atoms with Crippen LogP contribution < -0.4 is 5.32 Å². The fourth-order valence-electron chi connectivity index (χ4n) is 6.26. The molecule has 2 unspecified atom stereocenters. The lowest BCUT2D eigenvalue weighted by atomic mass is 9.42. The van der Waals surface area contributed by atoms with Crippen molar-refractivity contribution in [1.29, 1.82) is 0 Å². The summed E-state index contributed by atoms with van der Waals surface area (Å²) in [4.78, 5) is 13.1. The molecule has 0 saturated heterocycles. The molecule has 4 saturated carbocycles. The van der Waals surface area contributed by atoms with Crippen LogP contribution in [0.1, 0.15) is 63.5 Å². The summed E-state index contributed by atoms with van der Waals surface area (Å²) in [6.07, 6.45) is 6.84. The fraction of sp³-hybridized carbons (Fsp3) is 0.682. The monoisotopic (exact) mass is 341 g/mol. The Morgan fingerprint density at radius 2 is 1.76 bits per heavy atom. The molecule has 0 aromatic heterocycles. The lowest BCUT2D eigenvalue weighted by molar-refractivity contribution is -0.150. The van der Waals surface area contributed by atoms with Gasteiger partial charge in [0.2, 0.25) is 5.91 Å². The second-order valence-electron chi connectivity index (χ2n) is 9.88. The van der Waals surface area contributed by atoms with E-state index in [2.05, 4.69) is 36.5 Å². The average molecular weight is 341 g/mol. The summed E-state index contributed by atoms with van der Waals surface area (Å²) in [5.41, 5.74) is 1.84. The maximum Gasteiger partial charge on any atom is 0.226 e. The number of amides is 1. The standard InChI is InChI=1S/C22H31NO2/c1-15-4-6-18(7-5-15)21-9-16-8-17(10-21)12-22(11-16,13-21)19(24)23-14-20(2,3)25/h4-7,16-17,25H,8-14H2,1-3H3,(H,23,24). The Balaban J connectivity index is 1.63. The van der Waals surface area contributed by atoms with Crippen LogP contribution in [0, 0.1) is 24.2 Å². The van der Waals surface area contributed by atoms with Gasteiger partial charge in [-0.05, 0) is 82.1 Å². The van der Waals surface area contributed by atoms with Gasteiger partial charge in [0.1, 0.15) is 0 Å². The van der Waals surface area contributed by atoms with Gasteiger partial charge in [-0.2, -0.15) is 0 Å². The van der Waals surface area contributed by atoms with Gasteiger partial charge in [0.05, 0.1) is 11.0 Å². The van der Waals surface area contributed by atoms with Gasteiger partial charge >= 0.3 is 0 Å². The Hall–Kier alpha value is -1.35. The highest BCUT2D eigenvalue weighted by atomic mass is 16.3. The number of rotatable bonds is 4. The summed E-state index contributed by atoms with van der Waals surface area (Å²) < 4.78 is 0. The zero-order chi connectivity index (χ0) is 17.9. The largest absolute Gasteiger partial charge is 0.389 e. The van der Waals surface area contributed by atoms with Crippen LogP contribution in [0.3, 0.4) is 0 Å². The number of aryl methyl sites for hydroxylation is 1. The first kappa shape index (κ1) is 17.1. The van der Waals surface area contributed by atoms with Crippen LogP contribution in [-0.4, -0.2) is 23.2 Å². The summed E-state index contributed by atoms with van der Waals surface area (Å²) in [6.45, 7) is 5.97. The predicted molar refractivity (Wildman–Crippen MR) is 99.3 cm³/mol. The van der Waals surface area contributed by atoms with Crippen LogP contribution in [-0.2, 0) is 10.2 Å². The first-order valence-electron chi connectivity index (χ1n) is 9.78. The van der Waals surface area contributed by atoms with E-state index in [9.17, 15) is 9.90 Å². The quantitative estimate of drug-likeness (QED) is 0.877. The maximum atomic E-state index is 13.1. The van der Waals surface area contributed by atoms with Crippen molar-refractivity contribution in [2.24, 2.45) is 17.3 Å². The maximum absolute atomic E-state index is 13.1. The molecule has 1 amide bonds. The van der Waals surface area contributed by atoms with Crippen LogP contribution in [0.4, 0.5) is 0 Å². The van der Waals surface area contributed by atoms with E-state index in [0.29, 0.717) is 18.4 Å². The summed E-state index contributed by atoms with van der Waals surface area (Å²) in [7, 11) is 0. The molecule has 0 heterocycles.